The van der Waals surface area contributed by atoms with Gasteiger partial charge in [-0.2, -0.15) is 5.10 Å². The van der Waals surface area contributed by atoms with Crippen molar-refractivity contribution in [1.82, 2.24) is 14.7 Å². The highest BCUT2D eigenvalue weighted by molar-refractivity contribution is 5.79. The quantitative estimate of drug-likeness (QED) is 0.133. The number of hydrogen-bond acceptors (Lipinski definition) is 7. The predicted octanol–water partition coefficient (Wildman–Crippen LogP) is 7.20. The molecular formula is C35H36FN3O5. The number of methoxy groups -OCH3 is 1. The van der Waals surface area contributed by atoms with Crippen molar-refractivity contribution in [3.8, 4) is 28.4 Å². The summed E-state index contributed by atoms with van der Waals surface area (Å²) in [5.41, 5.74) is 3.25. The zero-order valence-corrected chi connectivity index (χ0v) is 25.3. The second-order valence-electron chi connectivity index (χ2n) is 10.8. The van der Waals surface area contributed by atoms with Crippen LogP contribution < -0.4 is 9.47 Å². The van der Waals surface area contributed by atoms with E-state index in [0.29, 0.717) is 31.1 Å². The summed E-state index contributed by atoms with van der Waals surface area (Å²) in [5, 5.41) is 4.91. The first-order valence-corrected chi connectivity index (χ1v) is 14.4. The number of hydrogen-bond donors (Lipinski definition) is 0. The molecule has 5 aromatic rings. The Hall–Kier alpha value is -4.89. The van der Waals surface area contributed by atoms with E-state index >= 15 is 0 Å². The molecule has 0 atom stereocenters. The summed E-state index contributed by atoms with van der Waals surface area (Å²) in [6.07, 6.45) is 3.67. The first-order chi connectivity index (χ1) is 21.3. The van der Waals surface area contributed by atoms with Crippen molar-refractivity contribution in [2.24, 2.45) is 0 Å². The van der Waals surface area contributed by atoms with E-state index in [1.54, 1.807) is 52.3 Å². The van der Waals surface area contributed by atoms with Crippen LogP contribution in [0, 0.1) is 5.82 Å². The molecule has 44 heavy (non-hydrogen) atoms. The summed E-state index contributed by atoms with van der Waals surface area (Å²) in [6, 6.07) is 25.7. The third kappa shape index (κ3) is 7.36. The summed E-state index contributed by atoms with van der Waals surface area (Å²) in [4.78, 5) is 14.6. The van der Waals surface area contributed by atoms with Gasteiger partial charge >= 0.3 is 5.97 Å². The van der Waals surface area contributed by atoms with E-state index in [2.05, 4.69) is 4.90 Å². The highest BCUT2D eigenvalue weighted by atomic mass is 19.1. The molecule has 5 rings (SSSR count). The van der Waals surface area contributed by atoms with Crippen LogP contribution in [0.15, 0.2) is 102 Å². The largest absolute Gasteiger partial charge is 0.493 e. The molecule has 9 heteroatoms. The standard InChI is InChI=1S/C35H36FN3O5/c1-5-42-34(40)35(2,3)44-31-18-13-25(20-32(31)41-4)21-38(24-30-12-9-19-43-30)22-27-23-39(29-10-7-6-8-11-29)37-33(27)26-14-16-28(36)17-15-26/h6-20,23H,5,21-22,24H2,1-4H3. The normalized spacial score (nSPS) is 11.5. The van der Waals surface area contributed by atoms with Crippen molar-refractivity contribution in [3.63, 3.8) is 0 Å². The van der Waals surface area contributed by atoms with Crippen LogP contribution in [-0.2, 0) is 29.2 Å². The van der Waals surface area contributed by atoms with E-state index in [9.17, 15) is 9.18 Å². The van der Waals surface area contributed by atoms with Crippen molar-refractivity contribution >= 4 is 5.97 Å². The van der Waals surface area contributed by atoms with E-state index in [-0.39, 0.29) is 12.4 Å². The Kier molecular flexibility index (Phi) is 9.45. The SMILES string of the molecule is CCOC(=O)C(C)(C)Oc1ccc(CN(Cc2ccco2)Cc2cn(-c3ccccc3)nc2-c2ccc(F)cc2)cc1OC. The fourth-order valence-corrected chi connectivity index (χ4v) is 4.90. The summed E-state index contributed by atoms with van der Waals surface area (Å²) in [6.45, 7) is 6.94. The molecule has 0 aliphatic carbocycles. The Labute approximate surface area is 256 Å². The van der Waals surface area contributed by atoms with Gasteiger partial charge in [0.15, 0.2) is 17.1 Å². The van der Waals surface area contributed by atoms with E-state index in [1.807, 2.05) is 65.5 Å². The van der Waals surface area contributed by atoms with Gasteiger partial charge in [0.2, 0.25) is 0 Å². The van der Waals surface area contributed by atoms with Crippen molar-refractivity contribution in [3.05, 3.63) is 120 Å². The van der Waals surface area contributed by atoms with Gasteiger partial charge < -0.3 is 18.6 Å². The first-order valence-electron chi connectivity index (χ1n) is 14.4. The molecule has 0 amide bonds. The minimum absolute atomic E-state index is 0.264. The summed E-state index contributed by atoms with van der Waals surface area (Å²) >= 11 is 0. The number of benzene rings is 3. The Bertz CT molecular complexity index is 1660. The second-order valence-corrected chi connectivity index (χ2v) is 10.8. The monoisotopic (exact) mass is 597 g/mol. The predicted molar refractivity (Wildman–Crippen MR) is 165 cm³/mol. The average Bonchev–Trinajstić information content (AvgIpc) is 3.69. The maximum absolute atomic E-state index is 13.8. The Balaban J connectivity index is 1.46. The van der Waals surface area contributed by atoms with E-state index in [4.69, 9.17) is 23.7 Å². The number of aromatic nitrogens is 2. The van der Waals surface area contributed by atoms with E-state index < -0.39 is 11.6 Å². The smallest absolute Gasteiger partial charge is 0.349 e. The Morgan fingerprint density at radius 1 is 0.955 bits per heavy atom. The number of furan rings is 1. The number of carbonyl (C=O) groups is 1. The summed E-state index contributed by atoms with van der Waals surface area (Å²) < 4.78 is 38.2. The molecule has 228 valence electrons. The topological polar surface area (TPSA) is 79.0 Å². The molecule has 0 saturated carbocycles. The molecule has 0 saturated heterocycles. The minimum atomic E-state index is -1.19. The van der Waals surface area contributed by atoms with Crippen LogP contribution in [0.5, 0.6) is 11.5 Å². The lowest BCUT2D eigenvalue weighted by molar-refractivity contribution is -0.158. The summed E-state index contributed by atoms with van der Waals surface area (Å²) in [7, 11) is 1.57. The maximum atomic E-state index is 13.8. The molecule has 2 aromatic heterocycles. The van der Waals surface area contributed by atoms with Crippen LogP contribution in [0.1, 0.15) is 37.7 Å². The highest BCUT2D eigenvalue weighted by Crippen LogP contribution is 2.33. The Morgan fingerprint density at radius 3 is 2.41 bits per heavy atom. The number of ether oxygens (including phenoxy) is 3. The lowest BCUT2D eigenvalue weighted by Gasteiger charge is -2.26. The first kappa shape index (κ1) is 30.6. The zero-order valence-electron chi connectivity index (χ0n) is 25.3. The average molecular weight is 598 g/mol. The molecule has 8 nitrogen and oxygen atoms in total. The van der Waals surface area contributed by atoms with Crippen LogP contribution >= 0.6 is 0 Å². The number of esters is 1. The minimum Gasteiger partial charge on any atom is -0.493 e. The molecule has 0 aliphatic heterocycles. The maximum Gasteiger partial charge on any atom is 0.349 e. The van der Waals surface area contributed by atoms with Gasteiger partial charge in [-0.15, -0.1) is 0 Å². The number of rotatable bonds is 13. The number of para-hydroxylation sites is 1. The molecule has 0 fully saturated rings. The van der Waals surface area contributed by atoms with Crippen molar-refractivity contribution in [1.29, 1.82) is 0 Å². The van der Waals surface area contributed by atoms with Crippen LogP contribution in [0.3, 0.4) is 0 Å². The van der Waals surface area contributed by atoms with Crippen molar-refractivity contribution in [2.45, 2.75) is 46.0 Å². The Morgan fingerprint density at radius 2 is 1.73 bits per heavy atom. The molecular weight excluding hydrogens is 561 g/mol. The number of nitrogens with zero attached hydrogens (tertiary/aromatic N) is 3. The molecule has 0 N–H and O–H groups in total. The number of halogens is 1. The third-order valence-corrected chi connectivity index (χ3v) is 7.05. The van der Waals surface area contributed by atoms with Crippen LogP contribution in [0.2, 0.25) is 0 Å². The fraction of sp³-hybridized carbons (Fsp3) is 0.257. The van der Waals surface area contributed by atoms with Gasteiger partial charge in [-0.25, -0.2) is 13.9 Å². The lowest BCUT2D eigenvalue weighted by atomic mass is 10.1. The molecule has 0 radical (unpaired) electrons. The van der Waals surface area contributed by atoms with Crippen LogP contribution in [0.4, 0.5) is 4.39 Å². The fourth-order valence-electron chi connectivity index (χ4n) is 4.90. The molecule has 3 aromatic carbocycles. The lowest BCUT2D eigenvalue weighted by Crippen LogP contribution is -2.39. The van der Waals surface area contributed by atoms with Gasteiger partial charge in [0.25, 0.3) is 0 Å². The second kappa shape index (κ2) is 13.6. The third-order valence-electron chi connectivity index (χ3n) is 7.05. The van der Waals surface area contributed by atoms with E-state index in [0.717, 1.165) is 33.8 Å². The van der Waals surface area contributed by atoms with Gasteiger partial charge in [0, 0.05) is 30.4 Å². The van der Waals surface area contributed by atoms with Gasteiger partial charge in [-0.3, -0.25) is 4.90 Å². The van der Waals surface area contributed by atoms with Gasteiger partial charge in [-0.1, -0.05) is 24.3 Å². The van der Waals surface area contributed by atoms with Gasteiger partial charge in [0.05, 0.1) is 37.9 Å². The highest BCUT2D eigenvalue weighted by Gasteiger charge is 2.32. The molecule has 0 bridgehead atoms. The van der Waals surface area contributed by atoms with Crippen molar-refractivity contribution < 1.29 is 27.8 Å². The van der Waals surface area contributed by atoms with Crippen LogP contribution in [-0.4, -0.2) is 40.0 Å². The van der Waals surface area contributed by atoms with E-state index in [1.165, 1.54) is 12.1 Å². The van der Waals surface area contributed by atoms with Gasteiger partial charge in [0.1, 0.15) is 11.6 Å². The van der Waals surface area contributed by atoms with Gasteiger partial charge in [-0.05, 0) is 87.0 Å². The summed E-state index contributed by atoms with van der Waals surface area (Å²) in [5.74, 6) is 0.997. The molecule has 0 spiro atoms. The molecule has 2 heterocycles. The van der Waals surface area contributed by atoms with Crippen LogP contribution in [0.25, 0.3) is 16.9 Å². The number of carbonyl (C=O) groups excluding carboxylic acids is 1. The molecule has 0 aliphatic rings. The molecule has 0 unspecified atom stereocenters. The zero-order chi connectivity index (χ0) is 31.1. The van der Waals surface area contributed by atoms with Crippen molar-refractivity contribution in [2.75, 3.05) is 13.7 Å².